The zero-order chi connectivity index (χ0) is 26.4. The first kappa shape index (κ1) is 26.9. The average Bonchev–Trinajstić information content (AvgIpc) is 3.43. The quantitative estimate of drug-likeness (QED) is 0.574. The minimum absolute atomic E-state index is 0.114. The normalized spacial score (nSPS) is 17.2. The van der Waals surface area contributed by atoms with E-state index in [2.05, 4.69) is 4.98 Å². The third-order valence-corrected chi connectivity index (χ3v) is 6.95. The first-order chi connectivity index (χ1) is 17.8. The Kier molecular flexibility index (Phi) is 8.97. The lowest BCUT2D eigenvalue weighted by Gasteiger charge is -2.31. The molecule has 2 N–H and O–H groups in total. The highest BCUT2D eigenvalue weighted by Gasteiger charge is 2.26. The zero-order valence-electron chi connectivity index (χ0n) is 21.7. The van der Waals surface area contributed by atoms with Crippen LogP contribution in [0, 0.1) is 11.7 Å². The van der Waals surface area contributed by atoms with Crippen molar-refractivity contribution in [3.63, 3.8) is 0 Å². The van der Waals surface area contributed by atoms with Gasteiger partial charge in [-0.1, -0.05) is 12.1 Å². The van der Waals surface area contributed by atoms with Crippen LogP contribution in [-0.4, -0.2) is 71.7 Å². The molecule has 2 aliphatic heterocycles. The number of hydrogen-bond donors (Lipinski definition) is 1. The molecule has 0 unspecified atom stereocenters. The number of carbonyl (C=O) groups is 2. The predicted octanol–water partition coefficient (Wildman–Crippen LogP) is 4.02. The summed E-state index contributed by atoms with van der Waals surface area (Å²) in [5, 5.41) is 0. The van der Waals surface area contributed by atoms with Crippen LogP contribution in [-0.2, 0) is 16.0 Å². The van der Waals surface area contributed by atoms with Crippen molar-refractivity contribution in [2.45, 2.75) is 58.1 Å². The first-order valence-corrected chi connectivity index (χ1v) is 13.2. The number of nitrogens with two attached hydrogens (primary N) is 1. The van der Waals surface area contributed by atoms with Gasteiger partial charge in [0.05, 0.1) is 30.6 Å². The van der Waals surface area contributed by atoms with E-state index in [9.17, 15) is 14.0 Å². The summed E-state index contributed by atoms with van der Waals surface area (Å²) >= 11 is 0. The van der Waals surface area contributed by atoms with Gasteiger partial charge in [-0.2, -0.15) is 0 Å². The Balaban J connectivity index is 1.26. The van der Waals surface area contributed by atoms with Crippen molar-refractivity contribution < 1.29 is 23.5 Å². The van der Waals surface area contributed by atoms with Gasteiger partial charge in [0.1, 0.15) is 11.6 Å². The lowest BCUT2D eigenvalue weighted by Crippen LogP contribution is -2.43. The standard InChI is InChI=1S/C28H37FN4O4/c1-19(2)37-28(35)33-13-9-20(10-14-33)18-36-23-7-8-26(31-17-23)22-6-5-21(24(29)15-22)16-25(30)27(34)32-11-3-4-12-32/h5-8,15,17,19-20,25H,3-4,9-14,16,18,30H2,1-2H3/t25-/m0/s1. The SMILES string of the molecule is CC(C)OC(=O)N1CCC(COc2ccc(-c3ccc(C[C@H](N)C(=O)N4CCCC4)c(F)c3)nc2)CC1. The number of pyridine rings is 1. The van der Waals surface area contributed by atoms with E-state index in [-0.39, 0.29) is 24.5 Å². The summed E-state index contributed by atoms with van der Waals surface area (Å²) in [6.07, 6.45) is 5.14. The van der Waals surface area contributed by atoms with E-state index in [1.54, 1.807) is 34.2 Å². The number of carbonyl (C=O) groups excluding carboxylic acids is 2. The Morgan fingerprint density at radius 3 is 2.43 bits per heavy atom. The van der Waals surface area contributed by atoms with Crippen molar-refractivity contribution in [3.05, 3.63) is 47.9 Å². The van der Waals surface area contributed by atoms with Crippen molar-refractivity contribution >= 4 is 12.0 Å². The highest BCUT2D eigenvalue weighted by Crippen LogP contribution is 2.24. The van der Waals surface area contributed by atoms with E-state index in [1.807, 2.05) is 19.9 Å². The van der Waals surface area contributed by atoms with E-state index in [0.717, 1.165) is 38.8 Å². The molecule has 0 radical (unpaired) electrons. The van der Waals surface area contributed by atoms with Gasteiger partial charge in [-0.05, 0) is 75.6 Å². The molecule has 37 heavy (non-hydrogen) atoms. The van der Waals surface area contributed by atoms with Crippen LogP contribution in [0.5, 0.6) is 5.75 Å². The minimum atomic E-state index is -0.742. The van der Waals surface area contributed by atoms with Gasteiger partial charge in [0.15, 0.2) is 0 Å². The molecule has 3 heterocycles. The number of rotatable bonds is 8. The Morgan fingerprint density at radius 1 is 1.08 bits per heavy atom. The third-order valence-electron chi connectivity index (χ3n) is 6.95. The second-order valence-corrected chi connectivity index (χ2v) is 10.2. The van der Waals surface area contributed by atoms with Gasteiger partial charge in [0, 0.05) is 31.7 Å². The van der Waals surface area contributed by atoms with Crippen molar-refractivity contribution in [2.24, 2.45) is 11.7 Å². The molecule has 9 heteroatoms. The molecule has 2 aromatic rings. The summed E-state index contributed by atoms with van der Waals surface area (Å²) in [5.74, 6) is 0.493. The molecule has 0 bridgehead atoms. The van der Waals surface area contributed by atoms with Crippen LogP contribution in [0.3, 0.4) is 0 Å². The van der Waals surface area contributed by atoms with Crippen LogP contribution in [0.15, 0.2) is 36.5 Å². The Hall–Kier alpha value is -3.20. The maximum absolute atomic E-state index is 14.8. The molecule has 0 aliphatic carbocycles. The van der Waals surface area contributed by atoms with E-state index in [0.29, 0.717) is 48.2 Å². The van der Waals surface area contributed by atoms with E-state index < -0.39 is 11.9 Å². The molecule has 4 rings (SSSR count). The van der Waals surface area contributed by atoms with Gasteiger partial charge in [0.2, 0.25) is 5.91 Å². The lowest BCUT2D eigenvalue weighted by atomic mass is 9.98. The van der Waals surface area contributed by atoms with Crippen LogP contribution < -0.4 is 10.5 Å². The smallest absolute Gasteiger partial charge is 0.410 e. The first-order valence-electron chi connectivity index (χ1n) is 13.2. The van der Waals surface area contributed by atoms with Crippen LogP contribution in [0.25, 0.3) is 11.3 Å². The van der Waals surface area contributed by atoms with Gasteiger partial charge in [0.25, 0.3) is 0 Å². The molecule has 2 saturated heterocycles. The molecule has 2 fully saturated rings. The molecule has 200 valence electrons. The molecule has 0 saturated carbocycles. The number of hydrogen-bond acceptors (Lipinski definition) is 6. The van der Waals surface area contributed by atoms with Crippen molar-refractivity contribution in [3.8, 4) is 17.0 Å². The second kappa shape index (κ2) is 12.4. The van der Waals surface area contributed by atoms with Crippen molar-refractivity contribution in [2.75, 3.05) is 32.8 Å². The molecule has 8 nitrogen and oxygen atoms in total. The largest absolute Gasteiger partial charge is 0.492 e. The Labute approximate surface area is 217 Å². The molecule has 1 aromatic heterocycles. The summed E-state index contributed by atoms with van der Waals surface area (Å²) in [6, 6.07) is 7.80. The number of nitrogens with zero attached hydrogens (tertiary/aromatic N) is 3. The van der Waals surface area contributed by atoms with Gasteiger partial charge >= 0.3 is 6.09 Å². The van der Waals surface area contributed by atoms with Gasteiger partial charge in [-0.3, -0.25) is 9.78 Å². The number of aromatic nitrogens is 1. The number of ether oxygens (including phenoxy) is 2. The van der Waals surface area contributed by atoms with Crippen LogP contribution in [0.1, 0.15) is 45.1 Å². The number of piperidine rings is 1. The second-order valence-electron chi connectivity index (χ2n) is 10.2. The maximum atomic E-state index is 14.8. The molecule has 0 spiro atoms. The Morgan fingerprint density at radius 2 is 1.81 bits per heavy atom. The average molecular weight is 513 g/mol. The summed E-state index contributed by atoms with van der Waals surface area (Å²) in [4.78, 5) is 32.4. The molecular formula is C28H37FN4O4. The van der Waals surface area contributed by atoms with Crippen molar-refractivity contribution in [1.82, 2.24) is 14.8 Å². The monoisotopic (exact) mass is 512 g/mol. The Bertz CT molecular complexity index is 1060. The molecule has 2 amide bonds. The summed E-state index contributed by atoms with van der Waals surface area (Å²) in [6.45, 7) is 7.03. The highest BCUT2D eigenvalue weighted by molar-refractivity contribution is 5.82. The third kappa shape index (κ3) is 7.19. The number of halogens is 1. The summed E-state index contributed by atoms with van der Waals surface area (Å²) < 4.78 is 26.0. The maximum Gasteiger partial charge on any atom is 0.410 e. The fraction of sp³-hybridized carbons (Fsp3) is 0.536. The topological polar surface area (TPSA) is 98.0 Å². The van der Waals surface area contributed by atoms with Crippen molar-refractivity contribution in [1.29, 1.82) is 0 Å². The molecule has 1 atom stereocenters. The van der Waals surface area contributed by atoms with Crippen LogP contribution >= 0.6 is 0 Å². The lowest BCUT2D eigenvalue weighted by molar-refractivity contribution is -0.131. The van der Waals surface area contributed by atoms with Gasteiger partial charge in [-0.25, -0.2) is 9.18 Å². The van der Waals surface area contributed by atoms with Crippen LogP contribution in [0.2, 0.25) is 0 Å². The van der Waals surface area contributed by atoms with Gasteiger partial charge in [-0.15, -0.1) is 0 Å². The van der Waals surface area contributed by atoms with E-state index in [1.165, 1.54) is 6.07 Å². The number of amides is 2. The van der Waals surface area contributed by atoms with E-state index >= 15 is 0 Å². The van der Waals surface area contributed by atoms with Gasteiger partial charge < -0.3 is 25.0 Å². The summed E-state index contributed by atoms with van der Waals surface area (Å²) in [5.41, 5.74) is 7.78. The fourth-order valence-corrected chi connectivity index (χ4v) is 4.78. The fourth-order valence-electron chi connectivity index (χ4n) is 4.78. The number of likely N-dealkylation sites (tertiary alicyclic amines) is 2. The summed E-state index contributed by atoms with van der Waals surface area (Å²) in [7, 11) is 0. The van der Waals surface area contributed by atoms with Crippen LogP contribution in [0.4, 0.5) is 9.18 Å². The van der Waals surface area contributed by atoms with E-state index in [4.69, 9.17) is 15.2 Å². The molecule has 2 aliphatic rings. The molecule has 1 aromatic carbocycles. The highest BCUT2D eigenvalue weighted by atomic mass is 19.1. The zero-order valence-corrected chi connectivity index (χ0v) is 21.7. The predicted molar refractivity (Wildman–Crippen MR) is 139 cm³/mol. The number of benzene rings is 1. The molecular weight excluding hydrogens is 475 g/mol. The minimum Gasteiger partial charge on any atom is -0.492 e.